The molecule has 5 heteroatoms. The molecule has 0 radical (unpaired) electrons. The normalized spacial score (nSPS) is 13.3. The van der Waals surface area contributed by atoms with Crippen molar-refractivity contribution in [2.45, 2.75) is 20.0 Å². The van der Waals surface area contributed by atoms with E-state index in [4.69, 9.17) is 9.05 Å². The molecule has 0 bridgehead atoms. The van der Waals surface area contributed by atoms with Crippen molar-refractivity contribution < 1.29 is 18.7 Å². The van der Waals surface area contributed by atoms with Gasteiger partial charge < -0.3 is 14.2 Å². The van der Waals surface area contributed by atoms with Crippen LogP contribution in [0.1, 0.15) is 25.5 Å². The van der Waals surface area contributed by atoms with Crippen LogP contribution in [0.3, 0.4) is 0 Å². The Labute approximate surface area is 108 Å². The predicted molar refractivity (Wildman–Crippen MR) is 71.4 cm³/mol. The van der Waals surface area contributed by atoms with Gasteiger partial charge >= 0.3 is 7.60 Å². The van der Waals surface area contributed by atoms with Crippen molar-refractivity contribution >= 4 is 7.60 Å². The van der Waals surface area contributed by atoms with Gasteiger partial charge in [-0.05, 0) is 19.4 Å². The number of hydrogen-bond donors (Lipinski definition) is 1. The van der Waals surface area contributed by atoms with E-state index in [0.29, 0.717) is 5.56 Å². The fraction of sp³-hybridized carbons (Fsp3) is 0.385. The first kappa shape index (κ1) is 15.1. The van der Waals surface area contributed by atoms with Gasteiger partial charge in [0.25, 0.3) is 0 Å². The van der Waals surface area contributed by atoms with Crippen molar-refractivity contribution in [3.63, 3.8) is 0 Å². The van der Waals surface area contributed by atoms with E-state index in [-0.39, 0.29) is 18.5 Å². The van der Waals surface area contributed by atoms with Gasteiger partial charge in [-0.15, -0.1) is 0 Å². The van der Waals surface area contributed by atoms with E-state index in [1.807, 2.05) is 6.07 Å². The molecule has 0 aromatic heterocycles. The first-order chi connectivity index (χ1) is 8.55. The Kier molecular flexibility index (Phi) is 5.76. The van der Waals surface area contributed by atoms with Gasteiger partial charge in [-0.25, -0.2) is 0 Å². The molecule has 0 saturated carbocycles. The quantitative estimate of drug-likeness (QED) is 0.770. The topological polar surface area (TPSA) is 55.8 Å². The van der Waals surface area contributed by atoms with Crippen molar-refractivity contribution in [3.8, 4) is 0 Å². The highest BCUT2D eigenvalue weighted by Crippen LogP contribution is 2.59. The fourth-order valence-corrected chi connectivity index (χ4v) is 3.06. The van der Waals surface area contributed by atoms with Crippen molar-refractivity contribution in [1.82, 2.24) is 0 Å². The highest BCUT2D eigenvalue weighted by molar-refractivity contribution is 7.58. The van der Waals surface area contributed by atoms with Crippen LogP contribution in [0.5, 0.6) is 0 Å². The first-order valence-electron chi connectivity index (χ1n) is 5.86. The molecule has 100 valence electrons. The Morgan fingerprint density at radius 1 is 1.28 bits per heavy atom. The molecule has 1 unspecified atom stereocenters. The molecule has 0 aliphatic carbocycles. The third kappa shape index (κ3) is 3.53. The first-order valence-corrected chi connectivity index (χ1v) is 7.41. The summed E-state index contributed by atoms with van der Waals surface area (Å²) in [6.45, 7) is 7.58. The smallest absolute Gasteiger partial charge is 0.359 e. The van der Waals surface area contributed by atoms with Gasteiger partial charge in [0.05, 0.1) is 18.5 Å². The number of benzene rings is 1. The average molecular weight is 270 g/mol. The van der Waals surface area contributed by atoms with E-state index < -0.39 is 13.7 Å². The minimum absolute atomic E-state index is 0.0670. The second-order valence-corrected chi connectivity index (χ2v) is 5.72. The molecule has 1 aromatic carbocycles. The minimum Gasteiger partial charge on any atom is -0.383 e. The summed E-state index contributed by atoms with van der Waals surface area (Å²) in [6, 6.07) is 8.88. The maximum atomic E-state index is 12.4. The molecule has 0 spiro atoms. The largest absolute Gasteiger partial charge is 0.383 e. The van der Waals surface area contributed by atoms with E-state index in [2.05, 4.69) is 6.58 Å². The zero-order valence-corrected chi connectivity index (χ0v) is 11.6. The Balaban J connectivity index is 2.94. The van der Waals surface area contributed by atoms with Crippen LogP contribution in [-0.2, 0) is 13.6 Å². The van der Waals surface area contributed by atoms with Crippen LogP contribution in [0.4, 0.5) is 0 Å². The van der Waals surface area contributed by atoms with E-state index in [9.17, 15) is 9.67 Å². The van der Waals surface area contributed by atoms with Crippen molar-refractivity contribution in [3.05, 3.63) is 47.8 Å². The van der Waals surface area contributed by atoms with Crippen LogP contribution in [0.15, 0.2) is 42.2 Å². The van der Waals surface area contributed by atoms with Gasteiger partial charge in [0.2, 0.25) is 0 Å². The van der Waals surface area contributed by atoms with E-state index in [0.717, 1.165) is 0 Å². The summed E-state index contributed by atoms with van der Waals surface area (Å²) in [5.74, 6) is 0. The molecule has 0 aliphatic heterocycles. The monoisotopic (exact) mass is 270 g/mol. The zero-order chi connectivity index (χ0) is 13.6. The van der Waals surface area contributed by atoms with Crippen LogP contribution < -0.4 is 0 Å². The standard InChI is InChI=1S/C13H19O4P/c1-4-16-18(15,17-5-2)11(3)13(14)12-9-7-6-8-10-12/h6-10,13-14H,3-5H2,1-2H3. The maximum absolute atomic E-state index is 12.4. The van der Waals surface area contributed by atoms with Crippen LogP contribution in [0, 0.1) is 0 Å². The second-order valence-electron chi connectivity index (χ2n) is 3.64. The summed E-state index contributed by atoms with van der Waals surface area (Å²) < 4.78 is 22.7. The summed E-state index contributed by atoms with van der Waals surface area (Å²) >= 11 is 0. The van der Waals surface area contributed by atoms with Crippen LogP contribution >= 0.6 is 7.60 Å². The molecule has 0 saturated heterocycles. The van der Waals surface area contributed by atoms with Crippen LogP contribution in [0.2, 0.25) is 0 Å². The van der Waals surface area contributed by atoms with Gasteiger partial charge in [-0.3, -0.25) is 4.57 Å². The third-order valence-electron chi connectivity index (χ3n) is 2.38. The summed E-state index contributed by atoms with van der Waals surface area (Å²) in [5.41, 5.74) is 0.613. The highest BCUT2D eigenvalue weighted by Gasteiger charge is 2.33. The van der Waals surface area contributed by atoms with Crippen molar-refractivity contribution in [2.75, 3.05) is 13.2 Å². The van der Waals surface area contributed by atoms with Gasteiger partial charge in [0, 0.05) is 0 Å². The fourth-order valence-electron chi connectivity index (χ4n) is 1.52. The number of aliphatic hydroxyl groups is 1. The lowest BCUT2D eigenvalue weighted by molar-refractivity contribution is 0.193. The number of aliphatic hydroxyl groups excluding tert-OH is 1. The zero-order valence-electron chi connectivity index (χ0n) is 10.7. The molecule has 18 heavy (non-hydrogen) atoms. The lowest BCUT2D eigenvalue weighted by Gasteiger charge is -2.22. The molecular formula is C13H19O4P. The molecule has 0 aliphatic rings. The Bertz CT molecular complexity index is 420. The highest BCUT2D eigenvalue weighted by atomic mass is 31.2. The Hall–Kier alpha value is -0.930. The van der Waals surface area contributed by atoms with Crippen molar-refractivity contribution in [2.24, 2.45) is 0 Å². The molecular weight excluding hydrogens is 251 g/mol. The van der Waals surface area contributed by atoms with E-state index in [1.165, 1.54) is 0 Å². The average Bonchev–Trinajstić information content (AvgIpc) is 2.38. The Morgan fingerprint density at radius 3 is 2.22 bits per heavy atom. The lowest BCUT2D eigenvalue weighted by Crippen LogP contribution is -2.06. The summed E-state index contributed by atoms with van der Waals surface area (Å²) in [7, 11) is -3.48. The van der Waals surface area contributed by atoms with Crippen molar-refractivity contribution in [1.29, 1.82) is 0 Å². The Morgan fingerprint density at radius 2 is 1.78 bits per heavy atom. The van der Waals surface area contributed by atoms with Gasteiger partial charge in [-0.1, -0.05) is 36.9 Å². The molecule has 4 nitrogen and oxygen atoms in total. The maximum Gasteiger partial charge on any atom is 0.359 e. The molecule has 1 atom stereocenters. The number of hydrogen-bond acceptors (Lipinski definition) is 4. The molecule has 0 amide bonds. The van der Waals surface area contributed by atoms with Gasteiger partial charge in [-0.2, -0.15) is 0 Å². The minimum atomic E-state index is -3.48. The summed E-state index contributed by atoms with van der Waals surface area (Å²) in [5, 5.41) is 10.2. The van der Waals surface area contributed by atoms with Gasteiger partial charge in [0.1, 0.15) is 6.10 Å². The van der Waals surface area contributed by atoms with E-state index >= 15 is 0 Å². The SMILES string of the molecule is C=C(C(O)c1ccccc1)P(=O)(OCC)OCC. The van der Waals surface area contributed by atoms with Crippen LogP contribution in [0.25, 0.3) is 0 Å². The van der Waals surface area contributed by atoms with E-state index in [1.54, 1.807) is 38.1 Å². The molecule has 1 aromatic rings. The molecule has 0 heterocycles. The molecule has 0 fully saturated rings. The third-order valence-corrected chi connectivity index (χ3v) is 4.53. The summed E-state index contributed by atoms with van der Waals surface area (Å²) in [6.07, 6.45) is -1.06. The molecule has 1 rings (SSSR count). The lowest BCUT2D eigenvalue weighted by atomic mass is 10.1. The number of rotatable bonds is 7. The van der Waals surface area contributed by atoms with Crippen LogP contribution in [-0.4, -0.2) is 18.3 Å². The van der Waals surface area contributed by atoms with Gasteiger partial charge in [0.15, 0.2) is 0 Å². The second kappa shape index (κ2) is 6.86. The predicted octanol–water partition coefficient (Wildman–Crippen LogP) is 3.50. The molecule has 1 N–H and O–H groups in total. The summed E-state index contributed by atoms with van der Waals surface area (Å²) in [4.78, 5) is 0.